The highest BCUT2D eigenvalue weighted by Gasteiger charge is 2.41. The zero-order chi connectivity index (χ0) is 11.1. The van der Waals surface area contributed by atoms with Gasteiger partial charge in [-0.05, 0) is 31.8 Å². The monoisotopic (exact) mass is 222 g/mol. The summed E-state index contributed by atoms with van der Waals surface area (Å²) in [4.78, 5) is 2.64. The van der Waals surface area contributed by atoms with Crippen LogP contribution >= 0.6 is 0 Å². The van der Waals surface area contributed by atoms with Gasteiger partial charge in [0, 0.05) is 24.3 Å². The number of rotatable bonds is 1. The quantitative estimate of drug-likeness (QED) is 0.728. The molecule has 2 saturated heterocycles. The molecule has 0 aromatic carbocycles. The highest BCUT2D eigenvalue weighted by molar-refractivity contribution is 5.18. The Morgan fingerprint density at radius 2 is 2.31 bits per heavy atom. The van der Waals surface area contributed by atoms with E-state index < -0.39 is 0 Å². The largest absolute Gasteiger partial charge is 0.375 e. The Morgan fingerprint density at radius 3 is 3.12 bits per heavy atom. The van der Waals surface area contributed by atoms with E-state index in [9.17, 15) is 0 Å². The summed E-state index contributed by atoms with van der Waals surface area (Å²) >= 11 is 0. The summed E-state index contributed by atoms with van der Waals surface area (Å²) in [6.07, 6.45) is 3.81. The summed E-state index contributed by atoms with van der Waals surface area (Å²) in [6.45, 7) is 7.40. The second-order valence-electron chi connectivity index (χ2n) is 5.36. The first-order valence-electron chi connectivity index (χ1n) is 6.58. The summed E-state index contributed by atoms with van der Waals surface area (Å²) in [5.41, 5.74) is 2.98. The normalized spacial score (nSPS) is 38.6. The number of nitrogens with zero attached hydrogens (tertiary/aromatic N) is 1. The van der Waals surface area contributed by atoms with Crippen LogP contribution in [0.2, 0.25) is 0 Å². The van der Waals surface area contributed by atoms with E-state index in [4.69, 9.17) is 4.74 Å². The van der Waals surface area contributed by atoms with Crippen LogP contribution in [0.25, 0.3) is 0 Å². The maximum absolute atomic E-state index is 5.82. The fourth-order valence-corrected chi connectivity index (χ4v) is 3.57. The van der Waals surface area contributed by atoms with Crippen molar-refractivity contribution in [2.45, 2.75) is 51.2 Å². The lowest BCUT2D eigenvalue weighted by Gasteiger charge is -2.42. The van der Waals surface area contributed by atoms with Crippen LogP contribution in [-0.4, -0.2) is 42.8 Å². The number of hydrogen-bond acceptors (Lipinski definition) is 3. The Kier molecular flexibility index (Phi) is 2.68. The molecule has 3 aliphatic heterocycles. The van der Waals surface area contributed by atoms with Crippen LogP contribution < -0.4 is 5.32 Å². The number of fused-ring (bicyclic) bond motifs is 4. The van der Waals surface area contributed by atoms with Crippen molar-refractivity contribution in [3.63, 3.8) is 0 Å². The molecule has 3 rings (SSSR count). The van der Waals surface area contributed by atoms with Crippen LogP contribution in [0.3, 0.4) is 0 Å². The van der Waals surface area contributed by atoms with Gasteiger partial charge in [0.25, 0.3) is 0 Å². The minimum Gasteiger partial charge on any atom is -0.375 e. The number of hydrogen-bond donors (Lipinski definition) is 1. The molecule has 0 amide bonds. The van der Waals surface area contributed by atoms with E-state index in [-0.39, 0.29) is 0 Å². The van der Waals surface area contributed by atoms with E-state index in [1.807, 2.05) is 0 Å². The maximum atomic E-state index is 5.82. The third-order valence-electron chi connectivity index (χ3n) is 4.34. The molecule has 0 aromatic rings. The van der Waals surface area contributed by atoms with Gasteiger partial charge in [0.15, 0.2) is 0 Å². The van der Waals surface area contributed by atoms with Gasteiger partial charge in [-0.25, -0.2) is 0 Å². The predicted octanol–water partition coefficient (Wildman–Crippen LogP) is 1.51. The Morgan fingerprint density at radius 1 is 1.44 bits per heavy atom. The van der Waals surface area contributed by atoms with Crippen LogP contribution in [0.5, 0.6) is 0 Å². The molecule has 2 fully saturated rings. The fraction of sp³-hybridized carbons (Fsp3) is 0.846. The van der Waals surface area contributed by atoms with Crippen molar-refractivity contribution < 1.29 is 4.74 Å². The van der Waals surface area contributed by atoms with Crippen LogP contribution in [0.4, 0.5) is 0 Å². The zero-order valence-corrected chi connectivity index (χ0v) is 10.3. The van der Waals surface area contributed by atoms with Gasteiger partial charge in [0.1, 0.15) is 0 Å². The third-order valence-corrected chi connectivity index (χ3v) is 4.34. The van der Waals surface area contributed by atoms with Gasteiger partial charge in [-0.15, -0.1) is 0 Å². The summed E-state index contributed by atoms with van der Waals surface area (Å²) in [7, 11) is 0. The number of piperazine rings is 1. The molecular formula is C13H22N2O. The molecule has 1 N–H and O–H groups in total. The molecule has 0 aliphatic carbocycles. The highest BCUT2D eigenvalue weighted by atomic mass is 16.5. The van der Waals surface area contributed by atoms with Gasteiger partial charge in [0.2, 0.25) is 0 Å². The van der Waals surface area contributed by atoms with Crippen molar-refractivity contribution >= 4 is 0 Å². The van der Waals surface area contributed by atoms with E-state index in [2.05, 4.69) is 24.1 Å². The summed E-state index contributed by atoms with van der Waals surface area (Å²) in [5.74, 6) is 0. The zero-order valence-electron chi connectivity index (χ0n) is 10.3. The number of nitrogens with one attached hydrogen (secondary N) is 1. The molecule has 3 atom stereocenters. The predicted molar refractivity (Wildman–Crippen MR) is 64.2 cm³/mol. The van der Waals surface area contributed by atoms with Gasteiger partial charge in [0.05, 0.1) is 19.3 Å². The molecule has 0 spiro atoms. The maximum Gasteiger partial charge on any atom is 0.0694 e. The second-order valence-corrected chi connectivity index (χ2v) is 5.36. The van der Waals surface area contributed by atoms with Crippen LogP contribution in [-0.2, 0) is 4.74 Å². The Labute approximate surface area is 97.8 Å². The Bertz CT molecular complexity index is 313. The van der Waals surface area contributed by atoms with E-state index in [0.29, 0.717) is 18.1 Å². The van der Waals surface area contributed by atoms with Crippen molar-refractivity contribution in [3.8, 4) is 0 Å². The molecule has 0 saturated carbocycles. The Hall–Kier alpha value is -0.540. The molecular weight excluding hydrogens is 200 g/mol. The van der Waals surface area contributed by atoms with Crippen molar-refractivity contribution in [2.75, 3.05) is 19.8 Å². The molecule has 3 nitrogen and oxygen atoms in total. The molecule has 2 bridgehead atoms. The first-order valence-corrected chi connectivity index (χ1v) is 6.58. The van der Waals surface area contributed by atoms with E-state index in [1.54, 1.807) is 5.70 Å². The van der Waals surface area contributed by atoms with E-state index in [1.165, 1.54) is 25.0 Å². The summed E-state index contributed by atoms with van der Waals surface area (Å²) in [5, 5.41) is 3.73. The molecule has 3 heteroatoms. The summed E-state index contributed by atoms with van der Waals surface area (Å²) < 4.78 is 5.82. The first-order chi connectivity index (χ1) is 7.79. The molecule has 3 heterocycles. The van der Waals surface area contributed by atoms with Crippen molar-refractivity contribution in [1.29, 1.82) is 0 Å². The lowest BCUT2D eigenvalue weighted by atomic mass is 10.0. The van der Waals surface area contributed by atoms with E-state index in [0.717, 1.165) is 19.6 Å². The molecule has 3 aliphatic rings. The number of allylic oxidation sites excluding steroid dienone is 1. The van der Waals surface area contributed by atoms with Crippen molar-refractivity contribution in [2.24, 2.45) is 0 Å². The lowest BCUT2D eigenvalue weighted by molar-refractivity contribution is 0.0672. The minimum absolute atomic E-state index is 0.575. The molecule has 16 heavy (non-hydrogen) atoms. The standard InChI is InChI=1S/C13H22N2O/c1-3-12-9(2)7-16-8-13-11-5-4-10(14-11)6-15(12)13/h10-11,13-14H,3-8H2,1-2H3/t10-,11?,13?/m0/s1. The molecule has 0 aromatic heterocycles. The average Bonchev–Trinajstić information content (AvgIpc) is 2.58. The molecule has 90 valence electrons. The van der Waals surface area contributed by atoms with Crippen molar-refractivity contribution in [1.82, 2.24) is 10.2 Å². The van der Waals surface area contributed by atoms with Gasteiger partial charge in [-0.1, -0.05) is 6.92 Å². The van der Waals surface area contributed by atoms with Gasteiger partial charge >= 0.3 is 0 Å². The average molecular weight is 222 g/mol. The minimum atomic E-state index is 0.575. The van der Waals surface area contributed by atoms with Crippen LogP contribution in [0.1, 0.15) is 33.1 Å². The van der Waals surface area contributed by atoms with Gasteiger partial charge < -0.3 is 15.0 Å². The lowest BCUT2D eigenvalue weighted by Crippen LogP contribution is -2.58. The topological polar surface area (TPSA) is 24.5 Å². The third kappa shape index (κ3) is 1.57. The Balaban J connectivity index is 1.92. The summed E-state index contributed by atoms with van der Waals surface area (Å²) in [6, 6.07) is 1.95. The first kappa shape index (κ1) is 10.6. The van der Waals surface area contributed by atoms with Gasteiger partial charge in [-0.2, -0.15) is 0 Å². The second kappa shape index (κ2) is 4.04. The van der Waals surface area contributed by atoms with Crippen LogP contribution in [0.15, 0.2) is 11.3 Å². The SMILES string of the molecule is CCC1=C(C)COCC2C3CC[C@@H](CN12)N3. The fourth-order valence-electron chi connectivity index (χ4n) is 3.57. The van der Waals surface area contributed by atoms with Crippen molar-refractivity contribution in [3.05, 3.63) is 11.3 Å². The number of ether oxygens (including phenoxy) is 1. The highest BCUT2D eigenvalue weighted by Crippen LogP contribution is 2.32. The van der Waals surface area contributed by atoms with Gasteiger partial charge in [-0.3, -0.25) is 0 Å². The smallest absolute Gasteiger partial charge is 0.0694 e. The van der Waals surface area contributed by atoms with Crippen LogP contribution in [0, 0.1) is 0 Å². The molecule has 0 radical (unpaired) electrons. The van der Waals surface area contributed by atoms with E-state index >= 15 is 0 Å². The molecule has 2 unspecified atom stereocenters.